The smallest absolute Gasteiger partial charge is 0.394 e. The van der Waals surface area contributed by atoms with Crippen molar-refractivity contribution in [2.24, 2.45) is 0 Å². The second-order valence-corrected chi connectivity index (χ2v) is 2.98. The molecule has 70 valence electrons. The molecule has 0 spiro atoms. The van der Waals surface area contributed by atoms with Crippen LogP contribution in [0.4, 0.5) is 0 Å². The van der Waals surface area contributed by atoms with E-state index in [2.05, 4.69) is 21.2 Å². The minimum Gasteiger partial charge on any atom is -0.474 e. The average molecular weight is 248 g/mol. The molecule has 0 radical (unpaired) electrons. The molecular formula is C7H6BrNO4. The van der Waals surface area contributed by atoms with Crippen LogP contribution in [0.25, 0.3) is 0 Å². The van der Waals surface area contributed by atoms with Crippen LogP contribution in [-0.4, -0.2) is 17.0 Å². The molecule has 1 heterocycles. The van der Waals surface area contributed by atoms with Crippen molar-refractivity contribution in [1.82, 2.24) is 5.32 Å². The molecule has 1 amide bonds. The molecule has 0 aliphatic heterocycles. The number of halogens is 1. The molecular weight excluding hydrogens is 242 g/mol. The SMILES string of the molecule is O=C(O)C(=O)NCc1ccc(Br)o1. The molecule has 0 saturated heterocycles. The second-order valence-electron chi connectivity index (χ2n) is 2.19. The zero-order chi connectivity index (χ0) is 9.84. The Morgan fingerprint density at radius 3 is 2.69 bits per heavy atom. The molecule has 0 bridgehead atoms. The maximum Gasteiger partial charge on any atom is 0.394 e. The van der Waals surface area contributed by atoms with Crippen molar-refractivity contribution in [3.8, 4) is 0 Å². The van der Waals surface area contributed by atoms with Crippen molar-refractivity contribution >= 4 is 27.8 Å². The summed E-state index contributed by atoms with van der Waals surface area (Å²) >= 11 is 3.07. The van der Waals surface area contributed by atoms with E-state index in [1.807, 2.05) is 0 Å². The van der Waals surface area contributed by atoms with Crippen LogP contribution < -0.4 is 5.32 Å². The quantitative estimate of drug-likeness (QED) is 0.756. The third-order valence-electron chi connectivity index (χ3n) is 1.25. The largest absolute Gasteiger partial charge is 0.474 e. The lowest BCUT2D eigenvalue weighted by atomic mass is 10.4. The van der Waals surface area contributed by atoms with Gasteiger partial charge in [0, 0.05) is 0 Å². The van der Waals surface area contributed by atoms with Crippen LogP contribution in [0.1, 0.15) is 5.76 Å². The molecule has 1 aromatic heterocycles. The Bertz CT molecular complexity index is 333. The molecule has 0 fully saturated rings. The van der Waals surface area contributed by atoms with Crippen molar-refractivity contribution in [3.63, 3.8) is 0 Å². The fourth-order valence-corrected chi connectivity index (χ4v) is 1.03. The minimum atomic E-state index is -1.51. The highest BCUT2D eigenvalue weighted by Crippen LogP contribution is 2.13. The Kier molecular flexibility index (Phi) is 3.07. The van der Waals surface area contributed by atoms with Crippen LogP contribution in [0.15, 0.2) is 21.2 Å². The van der Waals surface area contributed by atoms with Crippen molar-refractivity contribution in [3.05, 3.63) is 22.6 Å². The van der Waals surface area contributed by atoms with Gasteiger partial charge in [-0.3, -0.25) is 4.79 Å². The summed E-state index contributed by atoms with van der Waals surface area (Å²) in [5.74, 6) is -2.07. The first-order valence-corrected chi connectivity index (χ1v) is 4.14. The number of amides is 1. The number of hydrogen-bond acceptors (Lipinski definition) is 3. The van der Waals surface area contributed by atoms with Crippen molar-refractivity contribution in [2.75, 3.05) is 0 Å². The first-order valence-electron chi connectivity index (χ1n) is 3.35. The van der Waals surface area contributed by atoms with E-state index in [-0.39, 0.29) is 6.54 Å². The Labute approximate surface area is 81.9 Å². The average Bonchev–Trinajstić information content (AvgIpc) is 2.47. The van der Waals surface area contributed by atoms with Crippen LogP contribution in [-0.2, 0) is 16.1 Å². The van der Waals surface area contributed by atoms with Gasteiger partial charge >= 0.3 is 11.9 Å². The van der Waals surface area contributed by atoms with Gasteiger partial charge in [-0.2, -0.15) is 0 Å². The van der Waals surface area contributed by atoms with E-state index in [0.717, 1.165) is 0 Å². The van der Waals surface area contributed by atoms with Crippen molar-refractivity contribution in [2.45, 2.75) is 6.54 Å². The lowest BCUT2D eigenvalue weighted by Gasteiger charge is -1.97. The molecule has 0 aliphatic rings. The number of aliphatic carboxylic acids is 1. The monoisotopic (exact) mass is 247 g/mol. The predicted octanol–water partition coefficient (Wildman–Crippen LogP) is 0.743. The summed E-state index contributed by atoms with van der Waals surface area (Å²) in [7, 11) is 0. The van der Waals surface area contributed by atoms with Crippen LogP contribution in [0.2, 0.25) is 0 Å². The van der Waals surface area contributed by atoms with Gasteiger partial charge in [-0.15, -0.1) is 0 Å². The zero-order valence-electron chi connectivity index (χ0n) is 6.41. The van der Waals surface area contributed by atoms with Gasteiger partial charge in [0.2, 0.25) is 0 Å². The Balaban J connectivity index is 2.44. The summed E-state index contributed by atoms with van der Waals surface area (Å²) in [6.45, 7) is 0.0662. The van der Waals surface area contributed by atoms with Crippen molar-refractivity contribution < 1.29 is 19.1 Å². The van der Waals surface area contributed by atoms with E-state index in [0.29, 0.717) is 10.4 Å². The number of carbonyl (C=O) groups is 2. The maximum absolute atomic E-state index is 10.6. The normalized spacial score (nSPS) is 9.62. The number of rotatable bonds is 2. The molecule has 0 unspecified atom stereocenters. The molecule has 1 rings (SSSR count). The van der Waals surface area contributed by atoms with E-state index in [1.54, 1.807) is 12.1 Å². The van der Waals surface area contributed by atoms with Gasteiger partial charge in [-0.25, -0.2) is 4.79 Å². The molecule has 0 aliphatic carbocycles. The maximum atomic E-state index is 10.6. The van der Waals surface area contributed by atoms with Crippen LogP contribution in [0, 0.1) is 0 Å². The number of carboxylic acid groups (broad SMARTS) is 1. The summed E-state index contributed by atoms with van der Waals surface area (Å²) in [5, 5.41) is 10.4. The third-order valence-corrected chi connectivity index (χ3v) is 1.67. The standard InChI is InChI=1S/C7H6BrNO4/c8-5-2-1-4(13-5)3-9-6(10)7(11)12/h1-2H,3H2,(H,9,10)(H,11,12). The fourth-order valence-electron chi connectivity index (χ4n) is 0.690. The number of carbonyl (C=O) groups excluding carboxylic acids is 1. The summed E-state index contributed by atoms with van der Waals surface area (Å²) < 4.78 is 5.56. The molecule has 5 nitrogen and oxygen atoms in total. The third kappa shape index (κ3) is 2.90. The topological polar surface area (TPSA) is 79.5 Å². The van der Waals surface area contributed by atoms with E-state index < -0.39 is 11.9 Å². The van der Waals surface area contributed by atoms with E-state index in [9.17, 15) is 9.59 Å². The molecule has 6 heteroatoms. The van der Waals surface area contributed by atoms with Gasteiger partial charge in [-0.05, 0) is 28.1 Å². The molecule has 13 heavy (non-hydrogen) atoms. The van der Waals surface area contributed by atoms with Crippen LogP contribution in [0.5, 0.6) is 0 Å². The Hall–Kier alpha value is -1.30. The highest BCUT2D eigenvalue weighted by molar-refractivity contribution is 9.10. The number of hydrogen-bond donors (Lipinski definition) is 2. The predicted molar refractivity (Wildman–Crippen MR) is 45.9 cm³/mol. The van der Waals surface area contributed by atoms with E-state index >= 15 is 0 Å². The lowest BCUT2D eigenvalue weighted by Crippen LogP contribution is -2.29. The first-order chi connectivity index (χ1) is 6.09. The number of carboxylic acids is 1. The van der Waals surface area contributed by atoms with Gasteiger partial charge in [0.25, 0.3) is 0 Å². The van der Waals surface area contributed by atoms with Crippen LogP contribution in [0.3, 0.4) is 0 Å². The summed E-state index contributed by atoms with van der Waals surface area (Å²) in [4.78, 5) is 20.6. The highest BCUT2D eigenvalue weighted by atomic mass is 79.9. The van der Waals surface area contributed by atoms with Gasteiger partial charge in [0.15, 0.2) is 4.67 Å². The van der Waals surface area contributed by atoms with Gasteiger partial charge in [0.05, 0.1) is 6.54 Å². The van der Waals surface area contributed by atoms with Gasteiger partial charge < -0.3 is 14.8 Å². The second kappa shape index (κ2) is 4.08. The highest BCUT2D eigenvalue weighted by Gasteiger charge is 2.10. The van der Waals surface area contributed by atoms with Crippen molar-refractivity contribution in [1.29, 1.82) is 0 Å². The summed E-state index contributed by atoms with van der Waals surface area (Å²) in [5.41, 5.74) is 0. The molecule has 1 aromatic rings. The number of furan rings is 1. The Morgan fingerprint density at radius 2 is 2.23 bits per heavy atom. The summed E-state index contributed by atoms with van der Waals surface area (Å²) in [6.07, 6.45) is 0. The zero-order valence-corrected chi connectivity index (χ0v) is 8.00. The lowest BCUT2D eigenvalue weighted by molar-refractivity contribution is -0.150. The molecule has 2 N–H and O–H groups in total. The number of nitrogens with one attached hydrogen (secondary N) is 1. The van der Waals surface area contributed by atoms with E-state index in [1.165, 1.54) is 0 Å². The fraction of sp³-hybridized carbons (Fsp3) is 0.143. The molecule has 0 saturated carbocycles. The van der Waals surface area contributed by atoms with Gasteiger partial charge in [-0.1, -0.05) is 0 Å². The van der Waals surface area contributed by atoms with Crippen LogP contribution >= 0.6 is 15.9 Å². The first kappa shape index (κ1) is 9.79. The minimum absolute atomic E-state index is 0.0662. The molecule has 0 aromatic carbocycles. The van der Waals surface area contributed by atoms with E-state index in [4.69, 9.17) is 9.52 Å². The molecule has 0 atom stereocenters. The van der Waals surface area contributed by atoms with Gasteiger partial charge in [0.1, 0.15) is 5.76 Å². The summed E-state index contributed by atoms with van der Waals surface area (Å²) in [6, 6.07) is 3.29. The Morgan fingerprint density at radius 1 is 1.54 bits per heavy atom.